The maximum atomic E-state index is 13.2. The lowest BCUT2D eigenvalue weighted by atomic mass is 9.92. The summed E-state index contributed by atoms with van der Waals surface area (Å²) < 4.78 is 13.2. The molecule has 4 rings (SSSR count). The van der Waals surface area contributed by atoms with E-state index in [1.807, 2.05) is 6.07 Å². The van der Waals surface area contributed by atoms with Crippen LogP contribution in [0.2, 0.25) is 0 Å². The van der Waals surface area contributed by atoms with Gasteiger partial charge in [0.15, 0.2) is 0 Å². The van der Waals surface area contributed by atoms with Crippen LogP contribution < -0.4 is 10.6 Å². The highest BCUT2D eigenvalue weighted by Gasteiger charge is 2.31. The van der Waals surface area contributed by atoms with E-state index in [-0.39, 0.29) is 24.3 Å². The SMILES string of the molecule is Cl.O=C(Nc1cccc(F)c1)Nc1ccc2c(c1)C1CCCN1CC2. The lowest BCUT2D eigenvalue weighted by molar-refractivity contribution is 0.244. The highest BCUT2D eigenvalue weighted by atomic mass is 35.5. The predicted molar refractivity (Wildman–Crippen MR) is 100.0 cm³/mol. The largest absolute Gasteiger partial charge is 0.323 e. The van der Waals surface area contributed by atoms with Gasteiger partial charge in [0.2, 0.25) is 0 Å². The summed E-state index contributed by atoms with van der Waals surface area (Å²) in [5, 5.41) is 5.51. The molecule has 0 aliphatic carbocycles. The van der Waals surface area contributed by atoms with Crippen LogP contribution in [-0.4, -0.2) is 24.0 Å². The minimum Gasteiger partial charge on any atom is -0.308 e. The zero-order chi connectivity index (χ0) is 16.5. The fourth-order valence-corrected chi connectivity index (χ4v) is 3.78. The third kappa shape index (κ3) is 3.78. The van der Waals surface area contributed by atoms with E-state index in [2.05, 4.69) is 27.7 Å². The normalized spacial score (nSPS) is 18.7. The zero-order valence-corrected chi connectivity index (χ0v) is 14.6. The molecule has 1 atom stereocenters. The van der Waals surface area contributed by atoms with Crippen molar-refractivity contribution in [3.8, 4) is 0 Å². The number of nitrogens with one attached hydrogen (secondary N) is 2. The van der Waals surface area contributed by atoms with Gasteiger partial charge in [0, 0.05) is 24.0 Å². The van der Waals surface area contributed by atoms with Gasteiger partial charge in [-0.3, -0.25) is 4.90 Å². The summed E-state index contributed by atoms with van der Waals surface area (Å²) in [6.07, 6.45) is 3.50. The number of anilines is 2. The second-order valence-corrected chi connectivity index (χ2v) is 6.45. The smallest absolute Gasteiger partial charge is 0.308 e. The highest BCUT2D eigenvalue weighted by Crippen LogP contribution is 2.38. The molecule has 2 aromatic carbocycles. The summed E-state index contributed by atoms with van der Waals surface area (Å²) in [6, 6.07) is 12.1. The van der Waals surface area contributed by atoms with E-state index in [9.17, 15) is 9.18 Å². The van der Waals surface area contributed by atoms with Crippen molar-refractivity contribution in [1.29, 1.82) is 0 Å². The highest BCUT2D eigenvalue weighted by molar-refractivity contribution is 5.99. The zero-order valence-electron chi connectivity index (χ0n) is 13.8. The molecule has 0 saturated carbocycles. The van der Waals surface area contributed by atoms with E-state index >= 15 is 0 Å². The van der Waals surface area contributed by atoms with Gasteiger partial charge < -0.3 is 10.6 Å². The number of urea groups is 1. The predicted octanol–water partition coefficient (Wildman–Crippen LogP) is 4.58. The number of hydrogen-bond donors (Lipinski definition) is 2. The van der Waals surface area contributed by atoms with Gasteiger partial charge in [0.25, 0.3) is 0 Å². The molecule has 1 saturated heterocycles. The Kier molecular flexibility index (Phi) is 5.25. The number of hydrogen-bond acceptors (Lipinski definition) is 2. The lowest BCUT2D eigenvalue weighted by Crippen LogP contribution is -2.31. The summed E-state index contributed by atoms with van der Waals surface area (Å²) in [4.78, 5) is 14.7. The van der Waals surface area contributed by atoms with Crippen molar-refractivity contribution in [2.75, 3.05) is 23.7 Å². The van der Waals surface area contributed by atoms with Crippen LogP contribution in [0, 0.1) is 5.82 Å². The molecule has 0 spiro atoms. The summed E-state index contributed by atoms with van der Waals surface area (Å²) in [7, 11) is 0. The number of carbonyl (C=O) groups is 1. The number of nitrogens with zero attached hydrogens (tertiary/aromatic N) is 1. The van der Waals surface area contributed by atoms with Crippen molar-refractivity contribution in [3.05, 3.63) is 59.4 Å². The van der Waals surface area contributed by atoms with Crippen molar-refractivity contribution >= 4 is 29.8 Å². The molecule has 4 nitrogen and oxygen atoms in total. The Balaban J connectivity index is 0.00000182. The van der Waals surface area contributed by atoms with Gasteiger partial charge in [-0.25, -0.2) is 9.18 Å². The molecule has 0 bridgehead atoms. The summed E-state index contributed by atoms with van der Waals surface area (Å²) in [5.41, 5.74) is 3.93. The van der Waals surface area contributed by atoms with Gasteiger partial charge in [-0.2, -0.15) is 0 Å². The van der Waals surface area contributed by atoms with Gasteiger partial charge in [-0.05, 0) is 67.3 Å². The van der Waals surface area contributed by atoms with Crippen molar-refractivity contribution in [3.63, 3.8) is 0 Å². The van der Waals surface area contributed by atoms with Crippen molar-refractivity contribution in [2.45, 2.75) is 25.3 Å². The van der Waals surface area contributed by atoms with Crippen molar-refractivity contribution in [2.24, 2.45) is 0 Å². The van der Waals surface area contributed by atoms with E-state index in [1.165, 1.54) is 42.6 Å². The van der Waals surface area contributed by atoms with Crippen LogP contribution in [-0.2, 0) is 6.42 Å². The fraction of sp³-hybridized carbons (Fsp3) is 0.316. The van der Waals surface area contributed by atoms with E-state index in [4.69, 9.17) is 0 Å². The minimum atomic E-state index is -0.372. The van der Waals surface area contributed by atoms with Crippen LogP contribution in [0.15, 0.2) is 42.5 Å². The second kappa shape index (κ2) is 7.42. The Morgan fingerprint density at radius 1 is 1.08 bits per heavy atom. The molecule has 1 fully saturated rings. The maximum absolute atomic E-state index is 13.2. The topological polar surface area (TPSA) is 44.4 Å². The summed E-state index contributed by atoms with van der Waals surface area (Å²) >= 11 is 0. The van der Waals surface area contributed by atoms with Crippen LogP contribution in [0.3, 0.4) is 0 Å². The Morgan fingerprint density at radius 2 is 1.88 bits per heavy atom. The number of carbonyl (C=O) groups excluding carboxylic acids is 1. The number of amides is 2. The number of benzene rings is 2. The molecule has 2 N–H and O–H groups in total. The third-order valence-corrected chi connectivity index (χ3v) is 4.88. The first kappa shape index (κ1) is 17.7. The molecule has 6 heteroatoms. The molecule has 0 radical (unpaired) electrons. The second-order valence-electron chi connectivity index (χ2n) is 6.45. The molecule has 25 heavy (non-hydrogen) atoms. The number of halogens is 2. The Labute approximate surface area is 152 Å². The molecule has 1 unspecified atom stereocenters. The quantitative estimate of drug-likeness (QED) is 0.822. The molecular weight excluding hydrogens is 341 g/mol. The Bertz CT molecular complexity index is 783. The van der Waals surface area contributed by atoms with Crippen LogP contribution in [0.5, 0.6) is 0 Å². The van der Waals surface area contributed by atoms with Gasteiger partial charge >= 0.3 is 6.03 Å². The standard InChI is InChI=1S/C19H20FN3O.ClH/c20-14-3-1-4-15(11-14)21-19(24)22-16-7-6-13-8-10-23-9-2-5-18(23)17(13)12-16;/h1,3-4,6-7,11-12,18H,2,5,8-10H2,(H2,21,22,24);1H. The van der Waals surface area contributed by atoms with Crippen LogP contribution in [0.4, 0.5) is 20.6 Å². The molecule has 2 aliphatic heterocycles. The van der Waals surface area contributed by atoms with Crippen LogP contribution in [0.25, 0.3) is 0 Å². The Hall–Kier alpha value is -2.11. The first-order chi connectivity index (χ1) is 11.7. The van der Waals surface area contributed by atoms with Gasteiger partial charge in [-0.1, -0.05) is 12.1 Å². The summed E-state index contributed by atoms with van der Waals surface area (Å²) in [6.45, 7) is 2.30. The first-order valence-corrected chi connectivity index (χ1v) is 8.39. The van der Waals surface area contributed by atoms with E-state index < -0.39 is 0 Å². The van der Waals surface area contributed by atoms with Crippen molar-refractivity contribution < 1.29 is 9.18 Å². The van der Waals surface area contributed by atoms with E-state index in [0.717, 1.165) is 18.7 Å². The first-order valence-electron chi connectivity index (χ1n) is 8.39. The van der Waals surface area contributed by atoms with Crippen molar-refractivity contribution in [1.82, 2.24) is 4.90 Å². The average Bonchev–Trinajstić information content (AvgIpc) is 3.04. The molecule has 2 aromatic rings. The van der Waals surface area contributed by atoms with Gasteiger partial charge in [-0.15, -0.1) is 12.4 Å². The molecule has 2 aliphatic rings. The molecular formula is C19H21ClFN3O. The third-order valence-electron chi connectivity index (χ3n) is 4.88. The molecule has 2 amide bonds. The summed E-state index contributed by atoms with van der Waals surface area (Å²) in [5.74, 6) is -0.372. The monoisotopic (exact) mass is 361 g/mol. The lowest BCUT2D eigenvalue weighted by Gasteiger charge is -2.32. The van der Waals surface area contributed by atoms with Gasteiger partial charge in [0.05, 0.1) is 0 Å². The van der Waals surface area contributed by atoms with Crippen LogP contribution in [0.1, 0.15) is 30.0 Å². The van der Waals surface area contributed by atoms with Crippen LogP contribution >= 0.6 is 12.4 Å². The number of rotatable bonds is 2. The molecule has 0 aromatic heterocycles. The van der Waals surface area contributed by atoms with Gasteiger partial charge in [0.1, 0.15) is 5.82 Å². The maximum Gasteiger partial charge on any atom is 0.323 e. The van der Waals surface area contributed by atoms with E-state index in [0.29, 0.717) is 11.7 Å². The fourth-order valence-electron chi connectivity index (χ4n) is 3.78. The minimum absolute atomic E-state index is 0. The molecule has 132 valence electrons. The van der Waals surface area contributed by atoms with E-state index in [1.54, 1.807) is 12.1 Å². The average molecular weight is 362 g/mol. The number of fused-ring (bicyclic) bond motifs is 3. The molecule has 2 heterocycles. The Morgan fingerprint density at radius 3 is 2.68 bits per heavy atom.